The molecule has 2 N–H and O–H groups in total. The fourth-order valence-electron chi connectivity index (χ4n) is 1.71. The van der Waals surface area contributed by atoms with Crippen molar-refractivity contribution in [2.75, 3.05) is 17.2 Å². The van der Waals surface area contributed by atoms with Gasteiger partial charge in [0.15, 0.2) is 0 Å². The molecule has 0 saturated heterocycles. The van der Waals surface area contributed by atoms with Gasteiger partial charge in [-0.25, -0.2) is 4.98 Å². The van der Waals surface area contributed by atoms with E-state index >= 15 is 0 Å². The molecule has 0 aliphatic heterocycles. The largest absolute Gasteiger partial charge is 0.354 e. The molecule has 0 unspecified atom stereocenters. The van der Waals surface area contributed by atoms with Gasteiger partial charge in [-0.3, -0.25) is 0 Å². The van der Waals surface area contributed by atoms with E-state index in [0.29, 0.717) is 27.5 Å². The highest BCUT2D eigenvalue weighted by Crippen LogP contribution is 2.36. The molecule has 0 aliphatic rings. The average Bonchev–Trinajstić information content (AvgIpc) is 2.45. The summed E-state index contributed by atoms with van der Waals surface area (Å²) in [7, 11) is 0. The molecule has 0 fully saturated rings. The first kappa shape index (κ1) is 16.3. The second-order valence-corrected chi connectivity index (χ2v) is 6.10. The number of nitrogens with one attached hydrogen (secondary N) is 2. The van der Waals surface area contributed by atoms with Gasteiger partial charge in [0.05, 0.1) is 15.7 Å². The quantitative estimate of drug-likeness (QED) is 0.670. The number of halogens is 3. The summed E-state index contributed by atoms with van der Waals surface area (Å²) in [5.41, 5.74) is 1.56. The van der Waals surface area contributed by atoms with Crippen LogP contribution < -0.4 is 10.6 Å². The van der Waals surface area contributed by atoms with Crippen LogP contribution in [0.15, 0.2) is 22.7 Å². The van der Waals surface area contributed by atoms with Gasteiger partial charge in [-0.2, -0.15) is 4.98 Å². The lowest BCUT2D eigenvalue weighted by Crippen LogP contribution is -2.07. The molecule has 1 aromatic heterocycles. The molecule has 0 atom stereocenters. The van der Waals surface area contributed by atoms with Gasteiger partial charge >= 0.3 is 0 Å². The minimum atomic E-state index is 0.449. The Hall–Kier alpha value is -1.04. The fraction of sp³-hybridized carbons (Fsp3) is 0.286. The molecule has 21 heavy (non-hydrogen) atoms. The van der Waals surface area contributed by atoms with Gasteiger partial charge in [0.1, 0.15) is 5.82 Å². The van der Waals surface area contributed by atoms with Crippen molar-refractivity contribution in [3.8, 4) is 0 Å². The normalized spacial score (nSPS) is 10.5. The third kappa shape index (κ3) is 4.22. The Balaban J connectivity index is 2.27. The zero-order chi connectivity index (χ0) is 15.4. The van der Waals surface area contributed by atoms with Crippen LogP contribution in [0.5, 0.6) is 0 Å². The van der Waals surface area contributed by atoms with Crippen LogP contribution in [0.2, 0.25) is 10.0 Å². The molecule has 2 aromatic rings. The summed E-state index contributed by atoms with van der Waals surface area (Å²) >= 11 is 15.7. The summed E-state index contributed by atoms with van der Waals surface area (Å²) in [5, 5.41) is 7.26. The predicted molar refractivity (Wildman–Crippen MR) is 93.0 cm³/mol. The van der Waals surface area contributed by atoms with E-state index in [1.54, 1.807) is 0 Å². The van der Waals surface area contributed by atoms with Crippen LogP contribution in [-0.2, 0) is 0 Å². The van der Waals surface area contributed by atoms with Crippen molar-refractivity contribution in [3.63, 3.8) is 0 Å². The summed E-state index contributed by atoms with van der Waals surface area (Å²) in [6, 6.07) is 5.53. The highest BCUT2D eigenvalue weighted by atomic mass is 79.9. The molecular weight excluding hydrogens is 375 g/mol. The van der Waals surface area contributed by atoms with Crippen LogP contribution in [0.3, 0.4) is 0 Å². The number of benzene rings is 1. The maximum atomic E-state index is 6.23. The smallest absolute Gasteiger partial charge is 0.224 e. The molecule has 4 nitrogen and oxygen atoms in total. The van der Waals surface area contributed by atoms with E-state index in [2.05, 4.69) is 43.5 Å². The minimum absolute atomic E-state index is 0.449. The molecule has 1 aromatic carbocycles. The van der Waals surface area contributed by atoms with Crippen LogP contribution in [0.1, 0.15) is 19.0 Å². The number of hydrogen-bond donors (Lipinski definition) is 2. The van der Waals surface area contributed by atoms with Crippen LogP contribution >= 0.6 is 39.1 Å². The van der Waals surface area contributed by atoms with Crippen molar-refractivity contribution in [2.45, 2.75) is 20.3 Å². The van der Waals surface area contributed by atoms with E-state index in [4.69, 9.17) is 23.2 Å². The lowest BCUT2D eigenvalue weighted by molar-refractivity contribution is 0.947. The van der Waals surface area contributed by atoms with Crippen LogP contribution in [-0.4, -0.2) is 16.5 Å². The van der Waals surface area contributed by atoms with Gasteiger partial charge < -0.3 is 10.6 Å². The van der Waals surface area contributed by atoms with E-state index in [1.807, 2.05) is 25.1 Å². The van der Waals surface area contributed by atoms with Gasteiger partial charge in [0.25, 0.3) is 0 Å². The zero-order valence-corrected chi connectivity index (χ0v) is 14.8. The van der Waals surface area contributed by atoms with Gasteiger partial charge in [-0.15, -0.1) is 0 Å². The minimum Gasteiger partial charge on any atom is -0.354 e. The van der Waals surface area contributed by atoms with Gasteiger partial charge in [0.2, 0.25) is 5.95 Å². The van der Waals surface area contributed by atoms with Gasteiger partial charge in [-0.1, -0.05) is 30.1 Å². The number of nitrogens with zero attached hydrogens (tertiary/aromatic N) is 2. The van der Waals surface area contributed by atoms with Crippen molar-refractivity contribution in [2.24, 2.45) is 0 Å². The summed E-state index contributed by atoms with van der Waals surface area (Å²) < 4.78 is 0.754. The Kier molecular flexibility index (Phi) is 5.67. The number of rotatable bonds is 5. The highest BCUT2D eigenvalue weighted by molar-refractivity contribution is 9.10. The second-order valence-electron chi connectivity index (χ2n) is 4.49. The first-order valence-electron chi connectivity index (χ1n) is 6.51. The predicted octanol–water partition coefficient (Wildman–Crippen LogP) is 5.42. The van der Waals surface area contributed by atoms with Crippen molar-refractivity contribution in [1.29, 1.82) is 0 Å². The maximum absolute atomic E-state index is 6.23. The first-order chi connectivity index (χ1) is 10.0. The number of aromatic nitrogens is 2. The summed E-state index contributed by atoms with van der Waals surface area (Å²) in [6.07, 6.45) is 1.01. The topological polar surface area (TPSA) is 49.8 Å². The lowest BCUT2D eigenvalue weighted by Gasteiger charge is -2.12. The Morgan fingerprint density at radius 1 is 1.19 bits per heavy atom. The molecule has 2 rings (SSSR count). The lowest BCUT2D eigenvalue weighted by atomic mass is 10.3. The fourth-order valence-corrected chi connectivity index (χ4v) is 2.53. The molecule has 112 valence electrons. The summed E-state index contributed by atoms with van der Waals surface area (Å²) in [6.45, 7) is 4.83. The van der Waals surface area contributed by atoms with E-state index < -0.39 is 0 Å². The van der Waals surface area contributed by atoms with Crippen LogP contribution in [0.25, 0.3) is 0 Å². The molecule has 0 spiro atoms. The number of hydrogen-bond acceptors (Lipinski definition) is 4. The van der Waals surface area contributed by atoms with E-state index in [0.717, 1.165) is 23.1 Å². The molecule has 0 saturated carbocycles. The summed E-state index contributed by atoms with van der Waals surface area (Å²) in [4.78, 5) is 8.75. The van der Waals surface area contributed by atoms with E-state index in [-0.39, 0.29) is 0 Å². The average molecular weight is 390 g/mol. The zero-order valence-electron chi connectivity index (χ0n) is 11.7. The van der Waals surface area contributed by atoms with Crippen LogP contribution in [0.4, 0.5) is 17.5 Å². The molecule has 7 heteroatoms. The van der Waals surface area contributed by atoms with E-state index in [1.165, 1.54) is 0 Å². The van der Waals surface area contributed by atoms with Crippen molar-refractivity contribution < 1.29 is 0 Å². The highest BCUT2D eigenvalue weighted by Gasteiger charge is 2.10. The first-order valence-corrected chi connectivity index (χ1v) is 8.06. The van der Waals surface area contributed by atoms with Crippen molar-refractivity contribution >= 4 is 56.6 Å². The Bertz CT molecular complexity index is 649. The second kappa shape index (κ2) is 7.29. The van der Waals surface area contributed by atoms with E-state index in [9.17, 15) is 0 Å². The van der Waals surface area contributed by atoms with Gasteiger partial charge in [0, 0.05) is 22.8 Å². The molecular formula is C14H15BrCl2N4. The third-order valence-electron chi connectivity index (χ3n) is 2.69. The Labute approximate surface area is 142 Å². The summed E-state index contributed by atoms with van der Waals surface area (Å²) in [5.74, 6) is 1.26. The molecule has 1 heterocycles. The monoisotopic (exact) mass is 388 g/mol. The SMILES string of the molecule is CCCNc1nc(C)cc(Nc2ccc(Br)c(Cl)c2Cl)n1. The number of anilines is 3. The molecule has 0 aliphatic carbocycles. The van der Waals surface area contributed by atoms with Crippen molar-refractivity contribution in [3.05, 3.63) is 38.4 Å². The van der Waals surface area contributed by atoms with Crippen molar-refractivity contribution in [1.82, 2.24) is 9.97 Å². The Morgan fingerprint density at radius 2 is 1.95 bits per heavy atom. The number of aryl methyl sites for hydroxylation is 1. The molecule has 0 amide bonds. The maximum Gasteiger partial charge on any atom is 0.224 e. The standard InChI is InChI=1S/C14H15BrCl2N4/c1-3-6-18-14-19-8(2)7-11(21-14)20-10-5-4-9(15)12(16)13(10)17/h4-5,7H,3,6H2,1-2H3,(H2,18,19,20,21). The van der Waals surface area contributed by atoms with Gasteiger partial charge in [-0.05, 0) is 41.4 Å². The third-order valence-corrected chi connectivity index (χ3v) is 4.46. The van der Waals surface area contributed by atoms with Crippen LogP contribution in [0, 0.1) is 6.92 Å². The molecule has 0 radical (unpaired) electrons. The Morgan fingerprint density at radius 3 is 2.67 bits per heavy atom. The molecule has 0 bridgehead atoms.